The minimum absolute atomic E-state index is 0.0944. The lowest BCUT2D eigenvalue weighted by Crippen LogP contribution is -2.37. The number of hydrogen-bond donors (Lipinski definition) is 4. The Hall–Kier alpha value is -1.14. The molecule has 0 heterocycles. The zero-order chi connectivity index (χ0) is 13.4. The van der Waals surface area contributed by atoms with Crippen molar-refractivity contribution in [1.82, 2.24) is 5.32 Å². The van der Waals surface area contributed by atoms with Crippen LogP contribution in [-0.2, 0) is 9.59 Å². The van der Waals surface area contributed by atoms with Crippen LogP contribution in [0.25, 0.3) is 0 Å². The van der Waals surface area contributed by atoms with E-state index in [2.05, 4.69) is 19.2 Å². The molecule has 1 amide bonds. The summed E-state index contributed by atoms with van der Waals surface area (Å²) in [4.78, 5) is 21.8. The fourth-order valence-electron chi connectivity index (χ4n) is 1.56. The summed E-state index contributed by atoms with van der Waals surface area (Å²) in [6.45, 7) is 4.25. The zero-order valence-corrected chi connectivity index (χ0v) is 10.3. The van der Waals surface area contributed by atoms with Crippen LogP contribution in [0.5, 0.6) is 0 Å². The van der Waals surface area contributed by atoms with Gasteiger partial charge in [0.25, 0.3) is 0 Å². The lowest BCUT2D eigenvalue weighted by atomic mass is 9.94. The van der Waals surface area contributed by atoms with Crippen LogP contribution in [-0.4, -0.2) is 41.3 Å². The Kier molecular flexibility index (Phi) is 7.49. The predicted octanol–water partition coefficient (Wildman–Crippen LogP) is -0.441. The van der Waals surface area contributed by atoms with Gasteiger partial charge in [0.2, 0.25) is 5.91 Å². The maximum absolute atomic E-state index is 11.5. The molecular weight excluding hydrogens is 224 g/mol. The van der Waals surface area contributed by atoms with Gasteiger partial charge in [-0.15, -0.1) is 0 Å². The third-order valence-electron chi connectivity index (χ3n) is 2.39. The highest BCUT2D eigenvalue weighted by Gasteiger charge is 2.17. The van der Waals surface area contributed by atoms with Crippen molar-refractivity contribution in [3.8, 4) is 0 Å². The van der Waals surface area contributed by atoms with E-state index >= 15 is 0 Å². The van der Waals surface area contributed by atoms with Crippen LogP contribution in [0.3, 0.4) is 0 Å². The molecule has 0 spiro atoms. The summed E-state index contributed by atoms with van der Waals surface area (Å²) >= 11 is 0. The Labute approximate surface area is 101 Å². The van der Waals surface area contributed by atoms with Crippen LogP contribution >= 0.6 is 0 Å². The van der Waals surface area contributed by atoms with Crippen LogP contribution in [0.2, 0.25) is 0 Å². The number of aliphatic hydroxyl groups excluding tert-OH is 1. The molecule has 0 saturated heterocycles. The summed E-state index contributed by atoms with van der Waals surface area (Å²) < 4.78 is 0. The third-order valence-corrected chi connectivity index (χ3v) is 2.39. The Morgan fingerprint density at radius 3 is 2.35 bits per heavy atom. The fraction of sp³-hybridized carbons (Fsp3) is 0.818. The van der Waals surface area contributed by atoms with Crippen LogP contribution in [0, 0.1) is 11.8 Å². The Morgan fingerprint density at radius 2 is 1.94 bits per heavy atom. The van der Waals surface area contributed by atoms with E-state index < -0.39 is 12.1 Å². The van der Waals surface area contributed by atoms with Gasteiger partial charge < -0.3 is 21.3 Å². The Bertz CT molecular complexity index is 256. The molecule has 0 aliphatic heterocycles. The number of carbonyl (C=O) groups is 2. The molecule has 0 unspecified atom stereocenters. The highest BCUT2D eigenvalue weighted by atomic mass is 16.4. The van der Waals surface area contributed by atoms with Crippen molar-refractivity contribution >= 4 is 11.9 Å². The number of aliphatic hydroxyl groups is 1. The number of nitrogens with one attached hydrogen (secondary N) is 1. The third kappa shape index (κ3) is 7.70. The van der Waals surface area contributed by atoms with Crippen molar-refractivity contribution in [2.75, 3.05) is 13.1 Å². The first-order valence-electron chi connectivity index (χ1n) is 5.74. The molecule has 6 nitrogen and oxygen atoms in total. The predicted molar refractivity (Wildman–Crippen MR) is 63.3 cm³/mol. The monoisotopic (exact) mass is 246 g/mol. The molecule has 0 aromatic carbocycles. The molecule has 0 aromatic heterocycles. The molecule has 0 aromatic rings. The van der Waals surface area contributed by atoms with E-state index in [-0.39, 0.29) is 24.8 Å². The number of nitrogens with two attached hydrogens (primary N) is 1. The second-order valence-electron chi connectivity index (χ2n) is 4.59. The molecule has 17 heavy (non-hydrogen) atoms. The van der Waals surface area contributed by atoms with Crippen LogP contribution in [0.4, 0.5) is 0 Å². The van der Waals surface area contributed by atoms with Gasteiger partial charge >= 0.3 is 5.97 Å². The summed E-state index contributed by atoms with van der Waals surface area (Å²) in [5.74, 6) is -1.07. The van der Waals surface area contributed by atoms with E-state index in [0.717, 1.165) is 6.42 Å². The number of hydrogen-bond acceptors (Lipinski definition) is 4. The first-order valence-corrected chi connectivity index (χ1v) is 5.74. The second kappa shape index (κ2) is 8.03. The van der Waals surface area contributed by atoms with Crippen molar-refractivity contribution in [1.29, 1.82) is 0 Å². The second-order valence-corrected chi connectivity index (χ2v) is 4.59. The molecule has 5 N–H and O–H groups in total. The lowest BCUT2D eigenvalue weighted by molar-refractivity contribution is -0.146. The molecule has 0 aliphatic carbocycles. The molecule has 2 atom stereocenters. The van der Waals surface area contributed by atoms with E-state index in [9.17, 15) is 9.59 Å². The van der Waals surface area contributed by atoms with E-state index in [1.807, 2.05) is 0 Å². The maximum atomic E-state index is 11.5. The molecule has 100 valence electrons. The first-order chi connectivity index (χ1) is 7.86. The first kappa shape index (κ1) is 15.9. The fourth-order valence-corrected chi connectivity index (χ4v) is 1.56. The van der Waals surface area contributed by atoms with Crippen LogP contribution in [0.15, 0.2) is 0 Å². The SMILES string of the molecule is CC(C)C[C@H](CN)CC(=O)NC[C@H](O)C(=O)O. The number of carboxylic acids is 1. The van der Waals surface area contributed by atoms with Crippen LogP contribution in [0.1, 0.15) is 26.7 Å². The van der Waals surface area contributed by atoms with E-state index in [0.29, 0.717) is 12.5 Å². The molecule has 0 fully saturated rings. The Balaban J connectivity index is 3.94. The van der Waals surface area contributed by atoms with Crippen molar-refractivity contribution < 1.29 is 19.8 Å². The average Bonchev–Trinajstić information content (AvgIpc) is 2.23. The standard InChI is InChI=1S/C11H22N2O4/c1-7(2)3-8(5-12)4-10(15)13-6-9(14)11(16)17/h7-9,14H,3-6,12H2,1-2H3,(H,13,15)(H,16,17)/t8-,9-/m0/s1. The molecule has 0 rings (SSSR count). The number of amides is 1. The molecule has 0 saturated carbocycles. The lowest BCUT2D eigenvalue weighted by Gasteiger charge is -2.16. The van der Waals surface area contributed by atoms with E-state index in [4.69, 9.17) is 15.9 Å². The molecule has 0 aliphatic rings. The van der Waals surface area contributed by atoms with Gasteiger partial charge in [0, 0.05) is 6.42 Å². The topological polar surface area (TPSA) is 113 Å². The zero-order valence-electron chi connectivity index (χ0n) is 10.3. The van der Waals surface area contributed by atoms with Crippen molar-refractivity contribution in [2.24, 2.45) is 17.6 Å². The van der Waals surface area contributed by atoms with Crippen molar-refractivity contribution in [3.63, 3.8) is 0 Å². The largest absolute Gasteiger partial charge is 0.479 e. The minimum Gasteiger partial charge on any atom is -0.479 e. The van der Waals surface area contributed by atoms with Gasteiger partial charge in [-0.05, 0) is 24.8 Å². The smallest absolute Gasteiger partial charge is 0.334 e. The maximum Gasteiger partial charge on any atom is 0.334 e. The summed E-state index contributed by atoms with van der Waals surface area (Å²) in [5.41, 5.74) is 5.55. The van der Waals surface area contributed by atoms with Crippen LogP contribution < -0.4 is 11.1 Å². The summed E-state index contributed by atoms with van der Waals surface area (Å²) in [5, 5.41) is 19.8. The van der Waals surface area contributed by atoms with Crippen molar-refractivity contribution in [2.45, 2.75) is 32.8 Å². The van der Waals surface area contributed by atoms with Gasteiger partial charge in [0.15, 0.2) is 6.10 Å². The van der Waals surface area contributed by atoms with Gasteiger partial charge in [-0.3, -0.25) is 4.79 Å². The Morgan fingerprint density at radius 1 is 1.35 bits per heavy atom. The summed E-state index contributed by atoms with van der Waals surface area (Å²) in [6.07, 6.45) is -0.438. The minimum atomic E-state index is -1.56. The number of rotatable bonds is 8. The quantitative estimate of drug-likeness (QED) is 0.464. The highest BCUT2D eigenvalue weighted by Crippen LogP contribution is 2.13. The highest BCUT2D eigenvalue weighted by molar-refractivity contribution is 5.78. The molecule has 0 radical (unpaired) electrons. The summed E-state index contributed by atoms with van der Waals surface area (Å²) in [7, 11) is 0. The number of carboxylic acid groups (broad SMARTS) is 1. The van der Waals surface area contributed by atoms with Gasteiger partial charge in [0.1, 0.15) is 0 Å². The number of aliphatic carboxylic acids is 1. The van der Waals surface area contributed by atoms with Gasteiger partial charge in [0.05, 0.1) is 6.54 Å². The van der Waals surface area contributed by atoms with E-state index in [1.165, 1.54) is 0 Å². The van der Waals surface area contributed by atoms with Gasteiger partial charge in [-0.2, -0.15) is 0 Å². The molecule has 0 bridgehead atoms. The van der Waals surface area contributed by atoms with Crippen molar-refractivity contribution in [3.05, 3.63) is 0 Å². The average molecular weight is 246 g/mol. The van der Waals surface area contributed by atoms with E-state index in [1.54, 1.807) is 0 Å². The normalized spacial score (nSPS) is 14.4. The number of carbonyl (C=O) groups excluding carboxylic acids is 1. The molecule has 6 heteroatoms. The molecular formula is C11H22N2O4. The van der Waals surface area contributed by atoms with Gasteiger partial charge in [-0.25, -0.2) is 4.79 Å². The van der Waals surface area contributed by atoms with Gasteiger partial charge in [-0.1, -0.05) is 13.8 Å². The summed E-state index contributed by atoms with van der Waals surface area (Å²) in [6, 6.07) is 0.